The van der Waals surface area contributed by atoms with E-state index in [-0.39, 0.29) is 5.92 Å². The molecule has 7 heteroatoms. The summed E-state index contributed by atoms with van der Waals surface area (Å²) in [5, 5.41) is 9.26. The molecule has 0 radical (unpaired) electrons. The molecule has 3 unspecified atom stereocenters. The second-order valence-electron chi connectivity index (χ2n) is 5.05. The zero-order chi connectivity index (χ0) is 14.8. The van der Waals surface area contributed by atoms with Gasteiger partial charge < -0.3 is 5.11 Å². The van der Waals surface area contributed by atoms with Crippen LogP contribution < -0.4 is 0 Å². The van der Waals surface area contributed by atoms with E-state index in [1.54, 1.807) is 18.3 Å². The molecule has 1 saturated carbocycles. The van der Waals surface area contributed by atoms with E-state index in [9.17, 15) is 18.3 Å². The van der Waals surface area contributed by atoms with Crippen molar-refractivity contribution >= 4 is 16.1 Å². The van der Waals surface area contributed by atoms with Crippen LogP contribution in [0.1, 0.15) is 30.9 Å². The molecule has 1 fully saturated rings. The van der Waals surface area contributed by atoms with Crippen molar-refractivity contribution in [1.82, 2.24) is 4.98 Å². The average Bonchev–Trinajstić information content (AvgIpc) is 2.85. The Morgan fingerprint density at radius 3 is 2.80 bits per heavy atom. The van der Waals surface area contributed by atoms with Gasteiger partial charge in [-0.05, 0) is 18.9 Å². The third-order valence-electron chi connectivity index (χ3n) is 3.57. The summed E-state index contributed by atoms with van der Waals surface area (Å²) in [6.45, 7) is 0. The zero-order valence-electron chi connectivity index (χ0n) is 11.1. The number of pyridine rings is 1. The van der Waals surface area contributed by atoms with E-state index in [1.165, 1.54) is 6.20 Å². The monoisotopic (exact) mass is 299 g/mol. The maximum atomic E-state index is 11.5. The molecule has 1 aliphatic rings. The summed E-state index contributed by atoms with van der Waals surface area (Å²) >= 11 is 0. The molecule has 2 rings (SSSR count). The number of aliphatic carboxylic acids is 1. The van der Waals surface area contributed by atoms with Crippen LogP contribution in [0, 0.1) is 11.8 Å². The highest BCUT2D eigenvalue weighted by atomic mass is 32.2. The van der Waals surface area contributed by atoms with E-state index in [0.717, 1.165) is 12.7 Å². The third kappa shape index (κ3) is 3.55. The summed E-state index contributed by atoms with van der Waals surface area (Å²) in [6, 6.07) is 3.39. The van der Waals surface area contributed by atoms with E-state index in [1.807, 2.05) is 0 Å². The van der Waals surface area contributed by atoms with Crippen molar-refractivity contribution in [2.24, 2.45) is 11.8 Å². The van der Waals surface area contributed by atoms with Gasteiger partial charge in [-0.2, -0.15) is 8.42 Å². The minimum atomic E-state index is -3.68. The standard InChI is InChI=1S/C13H17NO5S/c1-20(17,18)19-12(9-4-3-7-14-8-9)10-5-2-6-11(10)13(15)16/h3-4,7-8,10-12H,2,5-6H2,1H3,(H,15,16). The lowest BCUT2D eigenvalue weighted by Crippen LogP contribution is -2.27. The van der Waals surface area contributed by atoms with E-state index in [4.69, 9.17) is 4.18 Å². The Morgan fingerprint density at radius 1 is 1.50 bits per heavy atom. The van der Waals surface area contributed by atoms with E-state index < -0.39 is 28.1 Å². The first-order chi connectivity index (χ1) is 9.38. The molecule has 1 aromatic heterocycles. The number of nitrogens with zero attached hydrogens (tertiary/aromatic N) is 1. The predicted octanol–water partition coefficient (Wildman–Crippen LogP) is 1.60. The fourth-order valence-corrected chi connectivity index (χ4v) is 3.39. The Balaban J connectivity index is 2.34. The predicted molar refractivity (Wildman–Crippen MR) is 71.4 cm³/mol. The van der Waals surface area contributed by atoms with Gasteiger partial charge in [-0.1, -0.05) is 12.5 Å². The first-order valence-corrected chi connectivity index (χ1v) is 8.21. The number of carboxylic acids is 1. The Bertz CT molecular complexity index is 572. The van der Waals surface area contributed by atoms with Crippen molar-refractivity contribution in [2.75, 3.05) is 6.26 Å². The van der Waals surface area contributed by atoms with Gasteiger partial charge in [-0.25, -0.2) is 0 Å². The van der Waals surface area contributed by atoms with Crippen LogP contribution in [0.4, 0.5) is 0 Å². The molecule has 6 nitrogen and oxygen atoms in total. The number of hydrogen-bond acceptors (Lipinski definition) is 5. The van der Waals surface area contributed by atoms with Gasteiger partial charge >= 0.3 is 5.97 Å². The molecule has 0 bridgehead atoms. The molecule has 0 aliphatic heterocycles. The molecule has 1 N–H and O–H groups in total. The molecule has 0 saturated heterocycles. The molecule has 3 atom stereocenters. The van der Waals surface area contributed by atoms with Gasteiger partial charge in [0.25, 0.3) is 10.1 Å². The van der Waals surface area contributed by atoms with E-state index in [2.05, 4.69) is 4.98 Å². The maximum Gasteiger partial charge on any atom is 0.306 e. The van der Waals surface area contributed by atoms with E-state index >= 15 is 0 Å². The zero-order valence-corrected chi connectivity index (χ0v) is 11.9. The number of carboxylic acid groups (broad SMARTS) is 1. The summed E-state index contributed by atoms with van der Waals surface area (Å²) in [5.41, 5.74) is 0.594. The van der Waals surface area contributed by atoms with Gasteiger partial charge in [0.05, 0.1) is 12.2 Å². The van der Waals surface area contributed by atoms with Crippen LogP contribution in [0.5, 0.6) is 0 Å². The van der Waals surface area contributed by atoms with Crippen LogP contribution in [0.3, 0.4) is 0 Å². The van der Waals surface area contributed by atoms with Crippen LogP contribution >= 0.6 is 0 Å². The molecule has 20 heavy (non-hydrogen) atoms. The summed E-state index contributed by atoms with van der Waals surface area (Å²) in [4.78, 5) is 15.2. The van der Waals surface area contributed by atoms with Crippen LogP contribution in [0.15, 0.2) is 24.5 Å². The van der Waals surface area contributed by atoms with Crippen molar-refractivity contribution < 1.29 is 22.5 Å². The summed E-state index contributed by atoms with van der Waals surface area (Å²) in [5.74, 6) is -1.84. The van der Waals surface area contributed by atoms with Crippen molar-refractivity contribution in [3.63, 3.8) is 0 Å². The Labute approximate surface area is 117 Å². The maximum absolute atomic E-state index is 11.5. The van der Waals surface area contributed by atoms with Crippen LogP contribution in [0.25, 0.3) is 0 Å². The van der Waals surface area contributed by atoms with Gasteiger partial charge in [0.1, 0.15) is 6.10 Å². The number of carbonyl (C=O) groups is 1. The van der Waals surface area contributed by atoms with Gasteiger partial charge in [0, 0.05) is 23.9 Å². The minimum Gasteiger partial charge on any atom is -0.481 e. The van der Waals surface area contributed by atoms with Crippen LogP contribution in [0.2, 0.25) is 0 Å². The molecule has 0 amide bonds. The highest BCUT2D eigenvalue weighted by molar-refractivity contribution is 7.86. The SMILES string of the molecule is CS(=O)(=O)OC(c1cccnc1)C1CCCC1C(=O)O. The van der Waals surface area contributed by atoms with Gasteiger partial charge in [0.2, 0.25) is 0 Å². The lowest BCUT2D eigenvalue weighted by atomic mass is 9.87. The lowest BCUT2D eigenvalue weighted by molar-refractivity contribution is -0.144. The second kappa shape index (κ2) is 5.88. The highest BCUT2D eigenvalue weighted by Crippen LogP contribution is 2.42. The Hall–Kier alpha value is -1.47. The topological polar surface area (TPSA) is 93.6 Å². The lowest BCUT2D eigenvalue weighted by Gasteiger charge is -2.25. The average molecular weight is 299 g/mol. The second-order valence-corrected chi connectivity index (χ2v) is 6.65. The number of rotatable bonds is 5. The van der Waals surface area contributed by atoms with Gasteiger partial charge in [0.15, 0.2) is 0 Å². The molecule has 1 heterocycles. The number of hydrogen-bond donors (Lipinski definition) is 1. The van der Waals surface area contributed by atoms with Crippen molar-refractivity contribution in [3.8, 4) is 0 Å². The summed E-state index contributed by atoms with van der Waals surface area (Å²) in [7, 11) is -3.68. The fraction of sp³-hybridized carbons (Fsp3) is 0.538. The first kappa shape index (κ1) is 14.9. The molecule has 1 aromatic rings. The summed E-state index contributed by atoms with van der Waals surface area (Å²) < 4.78 is 28.1. The fourth-order valence-electron chi connectivity index (χ4n) is 2.76. The molecular formula is C13H17NO5S. The highest BCUT2D eigenvalue weighted by Gasteiger charge is 2.40. The third-order valence-corrected chi connectivity index (χ3v) is 4.12. The van der Waals surface area contributed by atoms with Gasteiger partial charge in [-0.15, -0.1) is 0 Å². The smallest absolute Gasteiger partial charge is 0.306 e. The van der Waals surface area contributed by atoms with Gasteiger partial charge in [-0.3, -0.25) is 14.0 Å². The Kier molecular flexibility index (Phi) is 4.39. The van der Waals surface area contributed by atoms with Crippen molar-refractivity contribution in [3.05, 3.63) is 30.1 Å². The van der Waals surface area contributed by atoms with Crippen molar-refractivity contribution in [1.29, 1.82) is 0 Å². The molecule has 110 valence electrons. The molecule has 1 aliphatic carbocycles. The minimum absolute atomic E-state index is 0.355. The van der Waals surface area contributed by atoms with Crippen molar-refractivity contribution in [2.45, 2.75) is 25.4 Å². The van der Waals surface area contributed by atoms with E-state index in [0.29, 0.717) is 18.4 Å². The normalized spacial score (nSPS) is 24.4. The quantitative estimate of drug-likeness (QED) is 0.830. The molecular weight excluding hydrogens is 282 g/mol. The van der Waals surface area contributed by atoms with Crippen LogP contribution in [-0.4, -0.2) is 30.7 Å². The molecule has 0 spiro atoms. The largest absolute Gasteiger partial charge is 0.481 e. The molecule has 0 aromatic carbocycles. The summed E-state index contributed by atoms with van der Waals surface area (Å²) in [6.07, 6.45) is 5.21. The van der Waals surface area contributed by atoms with Crippen LogP contribution in [-0.2, 0) is 19.1 Å². The number of aromatic nitrogens is 1. The Morgan fingerprint density at radius 2 is 2.25 bits per heavy atom. The first-order valence-electron chi connectivity index (χ1n) is 6.39.